The van der Waals surface area contributed by atoms with E-state index >= 15 is 0 Å². The third-order valence-corrected chi connectivity index (χ3v) is 4.53. The predicted octanol–water partition coefficient (Wildman–Crippen LogP) is 4.13. The zero-order valence-electron chi connectivity index (χ0n) is 14.0. The lowest BCUT2D eigenvalue weighted by Gasteiger charge is -2.21. The molecule has 0 radical (unpaired) electrons. The van der Waals surface area contributed by atoms with Crippen molar-refractivity contribution >= 4 is 5.97 Å². The monoisotopic (exact) mass is 312 g/mol. The topological polar surface area (TPSA) is 44.1 Å². The molecule has 0 amide bonds. The standard InChI is InChI=1S/C19H24N2O2/c1-19(2,3)15-10-8-14(9-11-15)18(22)23-17-7-4-6-16(17)21-13-5-12-20-21/h5,8-13,16-17H,4,6-7H2,1-3H3/t16-,17-/m1/s1. The van der Waals surface area contributed by atoms with Crippen molar-refractivity contribution in [3.63, 3.8) is 0 Å². The van der Waals surface area contributed by atoms with E-state index in [1.165, 1.54) is 5.56 Å². The van der Waals surface area contributed by atoms with Crippen LogP contribution in [0.5, 0.6) is 0 Å². The largest absolute Gasteiger partial charge is 0.457 e. The molecule has 1 fully saturated rings. The Morgan fingerprint density at radius 2 is 1.96 bits per heavy atom. The SMILES string of the molecule is CC(C)(C)c1ccc(C(=O)O[C@@H]2CCC[C@H]2n2cccn2)cc1. The lowest BCUT2D eigenvalue weighted by atomic mass is 9.87. The van der Waals surface area contributed by atoms with E-state index in [1.54, 1.807) is 6.20 Å². The second kappa shape index (κ2) is 6.19. The maximum atomic E-state index is 12.4. The first kappa shape index (κ1) is 15.8. The van der Waals surface area contributed by atoms with Crippen LogP contribution in [0.25, 0.3) is 0 Å². The molecule has 0 bridgehead atoms. The molecule has 23 heavy (non-hydrogen) atoms. The Morgan fingerprint density at radius 3 is 2.57 bits per heavy atom. The molecule has 0 saturated heterocycles. The number of benzene rings is 1. The number of nitrogens with zero attached hydrogens (tertiary/aromatic N) is 2. The molecule has 2 atom stereocenters. The first-order chi connectivity index (χ1) is 10.9. The Balaban J connectivity index is 1.69. The Kier molecular flexibility index (Phi) is 4.24. The molecule has 1 saturated carbocycles. The molecule has 0 N–H and O–H groups in total. The van der Waals surface area contributed by atoms with Crippen LogP contribution in [0.2, 0.25) is 0 Å². The highest BCUT2D eigenvalue weighted by Crippen LogP contribution is 2.32. The van der Waals surface area contributed by atoms with Crippen molar-refractivity contribution in [2.45, 2.75) is 57.6 Å². The molecule has 1 aromatic heterocycles. The highest BCUT2D eigenvalue weighted by atomic mass is 16.5. The summed E-state index contributed by atoms with van der Waals surface area (Å²) in [5.41, 5.74) is 1.91. The summed E-state index contributed by atoms with van der Waals surface area (Å²) >= 11 is 0. The Hall–Kier alpha value is -2.10. The molecule has 1 heterocycles. The number of ether oxygens (including phenoxy) is 1. The van der Waals surface area contributed by atoms with Gasteiger partial charge in [0.25, 0.3) is 0 Å². The van der Waals surface area contributed by atoms with Crippen LogP contribution in [0.1, 0.15) is 62.0 Å². The normalized spacial score (nSPS) is 21.3. The highest BCUT2D eigenvalue weighted by Gasteiger charge is 2.32. The number of rotatable bonds is 3. The van der Waals surface area contributed by atoms with E-state index in [4.69, 9.17) is 4.74 Å². The van der Waals surface area contributed by atoms with Crippen LogP contribution in [-0.4, -0.2) is 21.9 Å². The molecule has 122 valence electrons. The molecule has 4 nitrogen and oxygen atoms in total. The second-order valence-corrected chi connectivity index (χ2v) is 7.26. The Bertz CT molecular complexity index is 654. The van der Waals surface area contributed by atoms with Crippen molar-refractivity contribution in [3.8, 4) is 0 Å². The number of esters is 1. The molecular formula is C19H24N2O2. The van der Waals surface area contributed by atoms with Gasteiger partial charge < -0.3 is 4.74 Å². The summed E-state index contributed by atoms with van der Waals surface area (Å²) in [6, 6.07) is 9.80. The fraction of sp³-hybridized carbons (Fsp3) is 0.474. The van der Waals surface area contributed by atoms with Crippen LogP contribution in [0.4, 0.5) is 0 Å². The zero-order chi connectivity index (χ0) is 16.4. The number of hydrogen-bond acceptors (Lipinski definition) is 3. The molecule has 0 aliphatic heterocycles. The highest BCUT2D eigenvalue weighted by molar-refractivity contribution is 5.89. The second-order valence-electron chi connectivity index (χ2n) is 7.26. The van der Waals surface area contributed by atoms with Crippen molar-refractivity contribution < 1.29 is 9.53 Å². The van der Waals surface area contributed by atoms with Crippen LogP contribution >= 0.6 is 0 Å². The minimum Gasteiger partial charge on any atom is -0.457 e. The van der Waals surface area contributed by atoms with Crippen LogP contribution in [0.3, 0.4) is 0 Å². The fourth-order valence-electron chi connectivity index (χ4n) is 3.14. The summed E-state index contributed by atoms with van der Waals surface area (Å²) in [6.07, 6.45) is 6.58. The number of aromatic nitrogens is 2. The number of carbonyl (C=O) groups is 1. The molecule has 0 unspecified atom stereocenters. The van der Waals surface area contributed by atoms with E-state index < -0.39 is 0 Å². The van der Waals surface area contributed by atoms with Gasteiger partial charge in [0.1, 0.15) is 6.10 Å². The Morgan fingerprint density at radius 1 is 1.22 bits per heavy atom. The first-order valence-corrected chi connectivity index (χ1v) is 8.26. The van der Waals surface area contributed by atoms with Crippen molar-refractivity contribution in [2.24, 2.45) is 0 Å². The number of carbonyl (C=O) groups excluding carboxylic acids is 1. The van der Waals surface area contributed by atoms with Gasteiger partial charge in [-0.25, -0.2) is 4.79 Å². The smallest absolute Gasteiger partial charge is 0.338 e. The van der Waals surface area contributed by atoms with Gasteiger partial charge in [-0.05, 0) is 48.4 Å². The van der Waals surface area contributed by atoms with E-state index in [1.807, 2.05) is 41.2 Å². The van der Waals surface area contributed by atoms with Gasteiger partial charge in [0.2, 0.25) is 0 Å². The zero-order valence-corrected chi connectivity index (χ0v) is 14.0. The van der Waals surface area contributed by atoms with E-state index in [-0.39, 0.29) is 23.5 Å². The third kappa shape index (κ3) is 3.46. The summed E-state index contributed by atoms with van der Waals surface area (Å²) in [4.78, 5) is 12.4. The van der Waals surface area contributed by atoms with E-state index in [0.717, 1.165) is 19.3 Å². The summed E-state index contributed by atoms with van der Waals surface area (Å²) in [5, 5.41) is 4.29. The van der Waals surface area contributed by atoms with Gasteiger partial charge in [0.15, 0.2) is 0 Å². The van der Waals surface area contributed by atoms with E-state index in [0.29, 0.717) is 5.56 Å². The summed E-state index contributed by atoms with van der Waals surface area (Å²) in [5.74, 6) is -0.241. The van der Waals surface area contributed by atoms with Crippen LogP contribution in [-0.2, 0) is 10.2 Å². The molecule has 1 aliphatic carbocycles. The molecular weight excluding hydrogens is 288 g/mol. The molecule has 2 aromatic rings. The van der Waals surface area contributed by atoms with E-state index in [2.05, 4.69) is 25.9 Å². The van der Waals surface area contributed by atoms with Crippen molar-refractivity contribution in [1.82, 2.24) is 9.78 Å². The maximum Gasteiger partial charge on any atom is 0.338 e. The maximum absolute atomic E-state index is 12.4. The first-order valence-electron chi connectivity index (χ1n) is 8.26. The average Bonchev–Trinajstić information content (AvgIpc) is 3.17. The molecule has 3 rings (SSSR count). The minimum absolute atomic E-state index is 0.0824. The van der Waals surface area contributed by atoms with Gasteiger partial charge in [-0.2, -0.15) is 5.10 Å². The van der Waals surface area contributed by atoms with Gasteiger partial charge in [-0.15, -0.1) is 0 Å². The molecule has 0 spiro atoms. The van der Waals surface area contributed by atoms with Gasteiger partial charge >= 0.3 is 5.97 Å². The van der Waals surface area contributed by atoms with Crippen molar-refractivity contribution in [1.29, 1.82) is 0 Å². The molecule has 1 aliphatic rings. The fourth-order valence-corrected chi connectivity index (χ4v) is 3.14. The summed E-state index contributed by atoms with van der Waals surface area (Å²) in [6.45, 7) is 6.48. The van der Waals surface area contributed by atoms with Crippen LogP contribution in [0.15, 0.2) is 42.7 Å². The average molecular weight is 312 g/mol. The molecule has 4 heteroatoms. The van der Waals surface area contributed by atoms with E-state index in [9.17, 15) is 4.79 Å². The predicted molar refractivity (Wildman–Crippen MR) is 89.5 cm³/mol. The number of hydrogen-bond donors (Lipinski definition) is 0. The minimum atomic E-state index is -0.241. The quantitative estimate of drug-likeness (QED) is 0.800. The lowest BCUT2D eigenvalue weighted by molar-refractivity contribution is 0.0209. The lowest BCUT2D eigenvalue weighted by Crippen LogP contribution is -2.25. The van der Waals surface area contributed by atoms with Gasteiger partial charge in [0.05, 0.1) is 11.6 Å². The third-order valence-electron chi connectivity index (χ3n) is 4.53. The Labute approximate surface area is 137 Å². The van der Waals surface area contributed by atoms with Gasteiger partial charge in [0, 0.05) is 12.4 Å². The molecule has 1 aromatic carbocycles. The van der Waals surface area contributed by atoms with Gasteiger partial charge in [-0.3, -0.25) is 4.68 Å². The van der Waals surface area contributed by atoms with Crippen LogP contribution in [0, 0.1) is 0 Å². The summed E-state index contributed by atoms with van der Waals surface area (Å²) < 4.78 is 7.67. The van der Waals surface area contributed by atoms with Crippen molar-refractivity contribution in [3.05, 3.63) is 53.9 Å². The van der Waals surface area contributed by atoms with Crippen LogP contribution < -0.4 is 0 Å². The van der Waals surface area contributed by atoms with Crippen molar-refractivity contribution in [2.75, 3.05) is 0 Å². The van der Waals surface area contributed by atoms with Gasteiger partial charge in [-0.1, -0.05) is 32.9 Å². The summed E-state index contributed by atoms with van der Waals surface area (Å²) in [7, 11) is 0.